The maximum absolute atomic E-state index is 12.1. The SMILES string of the molecule is CCCCCCCCCCCCCCCCCCNC(=O)CCC(=O)CC.CCCCCCCCCCCCCCCCCCNC(=O)CCC(=O)OC.CSCC(NC(=O)OC(C)(C)C)C(CSC)NC(=O)OC(C)(C)C. The van der Waals surface area contributed by atoms with E-state index < -0.39 is 23.4 Å². The molecule has 0 saturated heterocycles. The van der Waals surface area contributed by atoms with Crippen molar-refractivity contribution in [3.8, 4) is 0 Å². The van der Waals surface area contributed by atoms with E-state index in [1.54, 1.807) is 23.5 Å². The zero-order chi connectivity index (χ0) is 59.0. The molecule has 0 rings (SSSR count). The van der Waals surface area contributed by atoms with E-state index in [2.05, 4.69) is 39.9 Å². The molecule has 0 radical (unpaired) electrons. The van der Waals surface area contributed by atoms with Gasteiger partial charge < -0.3 is 35.5 Å². The van der Waals surface area contributed by atoms with Crippen molar-refractivity contribution in [2.75, 3.05) is 44.2 Å². The highest BCUT2D eigenvalue weighted by Crippen LogP contribution is 2.17. The van der Waals surface area contributed by atoms with Crippen LogP contribution in [0.5, 0.6) is 0 Å². The molecule has 4 N–H and O–H groups in total. The zero-order valence-electron chi connectivity index (χ0n) is 52.6. The van der Waals surface area contributed by atoms with Crippen molar-refractivity contribution in [2.45, 2.75) is 323 Å². The Hall–Kier alpha value is -2.68. The summed E-state index contributed by atoms with van der Waals surface area (Å²) in [5, 5.41) is 11.5. The number of hydrogen-bond acceptors (Lipinski definition) is 11. The number of methoxy groups -OCH3 is 1. The maximum Gasteiger partial charge on any atom is 0.407 e. The fraction of sp³-hybridized carbons (Fsp3) is 0.905. The molecule has 0 fully saturated rings. The number of alkyl carbamates (subject to hydrolysis) is 2. The topological polar surface area (TPSA) is 178 Å². The van der Waals surface area contributed by atoms with Gasteiger partial charge >= 0.3 is 18.2 Å². The number of carbonyl (C=O) groups excluding carboxylic acids is 6. The van der Waals surface area contributed by atoms with E-state index in [0.717, 1.165) is 25.9 Å². The number of Topliss-reactive ketones (excluding diaryl/α,β-unsaturated/α-hetero) is 1. The molecule has 0 aromatic heterocycles. The summed E-state index contributed by atoms with van der Waals surface area (Å²) in [4.78, 5) is 69.3. The van der Waals surface area contributed by atoms with Crippen LogP contribution in [-0.4, -0.2) is 103 Å². The molecule has 0 saturated carbocycles. The molecule has 0 bridgehead atoms. The van der Waals surface area contributed by atoms with E-state index in [4.69, 9.17) is 9.47 Å². The molecule has 0 aliphatic rings. The lowest BCUT2D eigenvalue weighted by molar-refractivity contribution is -0.142. The lowest BCUT2D eigenvalue weighted by atomic mass is 10.0. The van der Waals surface area contributed by atoms with Gasteiger partial charge in [-0.2, -0.15) is 23.5 Å². The predicted molar refractivity (Wildman–Crippen MR) is 334 cm³/mol. The van der Waals surface area contributed by atoms with Crippen LogP contribution in [0.15, 0.2) is 0 Å². The highest BCUT2D eigenvalue weighted by Gasteiger charge is 2.28. The van der Waals surface area contributed by atoms with Crippen molar-refractivity contribution in [3.05, 3.63) is 0 Å². The largest absolute Gasteiger partial charge is 0.469 e. The third kappa shape index (κ3) is 64.1. The first-order chi connectivity index (χ1) is 37.3. The molecule has 0 aliphatic heterocycles. The molecule has 0 heterocycles. The van der Waals surface area contributed by atoms with Gasteiger partial charge in [-0.05, 0) is 66.9 Å². The summed E-state index contributed by atoms with van der Waals surface area (Å²) in [7, 11) is 1.34. The summed E-state index contributed by atoms with van der Waals surface area (Å²) in [5.41, 5.74) is -1.14. The summed E-state index contributed by atoms with van der Waals surface area (Å²) >= 11 is 3.18. The van der Waals surface area contributed by atoms with E-state index in [0.29, 0.717) is 30.8 Å². The Kier molecular flexibility index (Phi) is 58.7. The highest BCUT2D eigenvalue weighted by atomic mass is 32.2. The molecular weight excluding hydrogens is 1020 g/mol. The minimum absolute atomic E-state index is 0.0257. The lowest BCUT2D eigenvalue weighted by Crippen LogP contribution is -2.55. The zero-order valence-corrected chi connectivity index (χ0v) is 54.3. The molecule has 462 valence electrons. The number of nitrogens with one attached hydrogen (secondary N) is 4. The van der Waals surface area contributed by atoms with Gasteiger partial charge in [0.15, 0.2) is 0 Å². The van der Waals surface area contributed by atoms with Gasteiger partial charge in [0, 0.05) is 50.3 Å². The number of ketones is 1. The Morgan fingerprint density at radius 2 is 0.667 bits per heavy atom. The molecule has 15 heteroatoms. The average Bonchev–Trinajstić information content (AvgIpc) is 3.38. The summed E-state index contributed by atoms with van der Waals surface area (Å²) in [6, 6.07) is -0.510. The van der Waals surface area contributed by atoms with Crippen LogP contribution in [0.4, 0.5) is 9.59 Å². The molecule has 2 atom stereocenters. The van der Waals surface area contributed by atoms with E-state index in [1.807, 2.05) is 61.0 Å². The molecule has 0 aliphatic carbocycles. The molecule has 0 spiro atoms. The van der Waals surface area contributed by atoms with Gasteiger partial charge in [-0.1, -0.05) is 213 Å². The average molecular weight is 1150 g/mol. The number of unbranched alkanes of at least 4 members (excludes halogenated alkanes) is 30. The van der Waals surface area contributed by atoms with E-state index in [9.17, 15) is 28.8 Å². The van der Waals surface area contributed by atoms with Crippen LogP contribution < -0.4 is 21.3 Å². The highest BCUT2D eigenvalue weighted by molar-refractivity contribution is 7.99. The Labute approximate surface area is 488 Å². The van der Waals surface area contributed by atoms with Gasteiger partial charge in [0.2, 0.25) is 11.8 Å². The van der Waals surface area contributed by atoms with Gasteiger partial charge in [0.1, 0.15) is 17.0 Å². The molecular formula is C63H124N4O9S2. The monoisotopic (exact) mass is 1140 g/mol. The van der Waals surface area contributed by atoms with Crippen molar-refractivity contribution in [2.24, 2.45) is 0 Å². The first kappa shape index (κ1) is 79.5. The van der Waals surface area contributed by atoms with E-state index in [1.165, 1.54) is 200 Å². The van der Waals surface area contributed by atoms with Crippen molar-refractivity contribution in [1.82, 2.24) is 21.3 Å². The molecule has 2 unspecified atom stereocenters. The summed E-state index contributed by atoms with van der Waals surface area (Å²) < 4.78 is 15.2. The van der Waals surface area contributed by atoms with Crippen LogP contribution in [0.2, 0.25) is 0 Å². The Morgan fingerprint density at radius 1 is 0.397 bits per heavy atom. The minimum Gasteiger partial charge on any atom is -0.469 e. The number of carbonyl (C=O) groups is 6. The quantitative estimate of drug-likeness (QED) is 0.0259. The number of esters is 1. The van der Waals surface area contributed by atoms with Crippen LogP contribution in [0.3, 0.4) is 0 Å². The molecule has 78 heavy (non-hydrogen) atoms. The third-order valence-electron chi connectivity index (χ3n) is 13.1. The molecule has 0 aromatic rings. The second-order valence-electron chi connectivity index (χ2n) is 23.2. The summed E-state index contributed by atoms with van der Waals surface area (Å²) in [6.45, 7) is 18.8. The first-order valence-electron chi connectivity index (χ1n) is 31.4. The molecule has 0 aromatic carbocycles. The first-order valence-corrected chi connectivity index (χ1v) is 34.2. The summed E-state index contributed by atoms with van der Waals surface area (Å²) in [5.74, 6) is 1.12. The van der Waals surface area contributed by atoms with Gasteiger partial charge in [-0.3, -0.25) is 19.2 Å². The molecule has 4 amide bonds. The van der Waals surface area contributed by atoms with Gasteiger partial charge in [-0.25, -0.2) is 9.59 Å². The lowest BCUT2D eigenvalue weighted by Gasteiger charge is -2.30. The van der Waals surface area contributed by atoms with Crippen molar-refractivity contribution in [1.29, 1.82) is 0 Å². The number of ether oxygens (including phenoxy) is 3. The summed E-state index contributed by atoms with van der Waals surface area (Å²) in [6.07, 6.45) is 48.1. The van der Waals surface area contributed by atoms with Crippen molar-refractivity contribution in [3.63, 3.8) is 0 Å². The fourth-order valence-electron chi connectivity index (χ4n) is 8.52. The van der Waals surface area contributed by atoms with Gasteiger partial charge in [0.05, 0.1) is 25.6 Å². The second kappa shape index (κ2) is 57.6. The Balaban J connectivity index is -0.00000108. The maximum atomic E-state index is 12.1. The van der Waals surface area contributed by atoms with E-state index >= 15 is 0 Å². The standard InChI is InChI=1S/C24H47NO2.C23H45NO3.C16H32N2O4S2/c1-3-5-6-7-8-9-10-11-12-13-14-15-16-17-18-19-22-25-24(27)21-20-23(26)4-2;1-3-4-5-6-7-8-9-10-11-12-13-14-15-16-17-18-21-24-22(25)19-20-23(26)27-2;1-15(2,3)21-13(19)17-11(9-23-7)12(10-24-8)18-14(20)22-16(4,5)6/h3-22H2,1-2H3,(H,25,27);3-21H2,1-2H3,(H,24,25);11-12H,9-10H2,1-8H3,(H,17,19)(H,18,20). The van der Waals surface area contributed by atoms with Gasteiger partial charge in [-0.15, -0.1) is 0 Å². The van der Waals surface area contributed by atoms with Crippen LogP contribution in [0.1, 0.15) is 300 Å². The third-order valence-corrected chi connectivity index (χ3v) is 14.5. The number of rotatable bonds is 48. The van der Waals surface area contributed by atoms with Crippen molar-refractivity contribution < 1.29 is 43.0 Å². The van der Waals surface area contributed by atoms with Crippen LogP contribution in [0, 0.1) is 0 Å². The Morgan fingerprint density at radius 3 is 0.910 bits per heavy atom. The number of amides is 4. The molecule has 13 nitrogen and oxygen atoms in total. The number of thioether (sulfide) groups is 2. The second-order valence-corrected chi connectivity index (χ2v) is 25.0. The van der Waals surface area contributed by atoms with Gasteiger partial charge in [0.25, 0.3) is 0 Å². The fourth-order valence-corrected chi connectivity index (χ4v) is 9.87. The normalized spacial score (nSPS) is 11.9. The van der Waals surface area contributed by atoms with Crippen LogP contribution in [0.25, 0.3) is 0 Å². The number of hydrogen-bond donors (Lipinski definition) is 4. The smallest absolute Gasteiger partial charge is 0.407 e. The Bertz CT molecular complexity index is 1320. The van der Waals surface area contributed by atoms with E-state index in [-0.39, 0.29) is 48.5 Å². The minimum atomic E-state index is -0.568. The van der Waals surface area contributed by atoms with Crippen LogP contribution in [-0.2, 0) is 33.4 Å². The van der Waals surface area contributed by atoms with Crippen LogP contribution >= 0.6 is 23.5 Å². The van der Waals surface area contributed by atoms with Crippen molar-refractivity contribution >= 4 is 59.3 Å². The predicted octanol–water partition coefficient (Wildman–Crippen LogP) is 16.9.